The van der Waals surface area contributed by atoms with Gasteiger partial charge in [-0.25, -0.2) is 0 Å². The predicted octanol–water partition coefficient (Wildman–Crippen LogP) is -0.238. The van der Waals surface area contributed by atoms with Crippen molar-refractivity contribution in [3.05, 3.63) is 35.9 Å². The van der Waals surface area contributed by atoms with Crippen LogP contribution >= 0.6 is 0 Å². The molecule has 0 saturated carbocycles. The van der Waals surface area contributed by atoms with Crippen LogP contribution < -0.4 is 5.32 Å². The van der Waals surface area contributed by atoms with Crippen molar-refractivity contribution in [2.24, 2.45) is 0 Å². The van der Waals surface area contributed by atoms with Gasteiger partial charge in [-0.05, 0) is 25.0 Å². The number of amides is 2. The van der Waals surface area contributed by atoms with E-state index in [0.29, 0.717) is 24.9 Å². The van der Waals surface area contributed by atoms with Gasteiger partial charge in [0.05, 0.1) is 19.7 Å². The van der Waals surface area contributed by atoms with Crippen LogP contribution in [0.1, 0.15) is 23.2 Å². The highest BCUT2D eigenvalue weighted by atomic mass is 16.3. The summed E-state index contributed by atoms with van der Waals surface area (Å²) in [5.74, 6) is -0.566. The molecule has 3 N–H and O–H groups in total. The van der Waals surface area contributed by atoms with Crippen LogP contribution in [-0.4, -0.2) is 58.8 Å². The zero-order chi connectivity index (χ0) is 15.3. The molecule has 21 heavy (non-hydrogen) atoms. The summed E-state index contributed by atoms with van der Waals surface area (Å²) in [6.45, 7) is 0.147. The number of piperidine rings is 1. The normalized spacial score (nSPS) is 21.9. The van der Waals surface area contributed by atoms with Crippen LogP contribution in [0.2, 0.25) is 0 Å². The Morgan fingerprint density at radius 2 is 2.00 bits per heavy atom. The van der Waals surface area contributed by atoms with Gasteiger partial charge in [-0.3, -0.25) is 9.59 Å². The third kappa shape index (κ3) is 4.03. The van der Waals surface area contributed by atoms with Gasteiger partial charge in [0.1, 0.15) is 5.60 Å². The van der Waals surface area contributed by atoms with Crippen molar-refractivity contribution < 1.29 is 19.8 Å². The Morgan fingerprint density at radius 1 is 1.29 bits per heavy atom. The van der Waals surface area contributed by atoms with E-state index >= 15 is 0 Å². The molecule has 1 aliphatic rings. The number of β-amino-alcohol motifs (C(OH)–C–C–N with tert-alkyl or cyclic N) is 1. The fraction of sp³-hybridized carbons (Fsp3) is 0.467. The Balaban J connectivity index is 1.86. The molecule has 0 spiro atoms. The lowest BCUT2D eigenvalue weighted by atomic mass is 9.94. The number of nitrogens with zero attached hydrogens (tertiary/aromatic N) is 1. The van der Waals surface area contributed by atoms with Crippen LogP contribution in [0.15, 0.2) is 30.3 Å². The minimum absolute atomic E-state index is 0.101. The zero-order valence-corrected chi connectivity index (χ0v) is 11.8. The number of rotatable bonds is 4. The maximum Gasteiger partial charge on any atom is 0.251 e. The largest absolute Gasteiger partial charge is 0.393 e. The molecule has 0 unspecified atom stereocenters. The Bertz CT molecular complexity index is 506. The lowest BCUT2D eigenvalue weighted by Crippen LogP contribution is -2.54. The topological polar surface area (TPSA) is 89.9 Å². The van der Waals surface area contributed by atoms with Crippen molar-refractivity contribution >= 4 is 11.8 Å². The number of hydrogen-bond acceptors (Lipinski definition) is 4. The molecule has 1 aromatic rings. The van der Waals surface area contributed by atoms with E-state index in [-0.39, 0.29) is 31.5 Å². The molecule has 1 aliphatic heterocycles. The van der Waals surface area contributed by atoms with Crippen molar-refractivity contribution in [1.29, 1.82) is 0 Å². The van der Waals surface area contributed by atoms with E-state index in [0.717, 1.165) is 0 Å². The Hall–Kier alpha value is -1.92. The molecule has 0 radical (unpaired) electrons. The average Bonchev–Trinajstić information content (AvgIpc) is 2.53. The summed E-state index contributed by atoms with van der Waals surface area (Å²) in [4.78, 5) is 25.4. The Kier molecular flexibility index (Phi) is 4.93. The van der Waals surface area contributed by atoms with Gasteiger partial charge in [-0.2, -0.15) is 0 Å². The van der Waals surface area contributed by atoms with Crippen molar-refractivity contribution in [2.45, 2.75) is 18.4 Å². The van der Waals surface area contributed by atoms with Crippen molar-refractivity contribution in [3.63, 3.8) is 0 Å². The zero-order valence-electron chi connectivity index (χ0n) is 11.8. The summed E-state index contributed by atoms with van der Waals surface area (Å²) >= 11 is 0. The maximum absolute atomic E-state index is 12.1. The van der Waals surface area contributed by atoms with Gasteiger partial charge in [0, 0.05) is 12.1 Å². The highest BCUT2D eigenvalue weighted by molar-refractivity contribution is 5.96. The van der Waals surface area contributed by atoms with Crippen molar-refractivity contribution in [1.82, 2.24) is 10.2 Å². The van der Waals surface area contributed by atoms with E-state index in [1.54, 1.807) is 24.3 Å². The summed E-state index contributed by atoms with van der Waals surface area (Å²) < 4.78 is 0. The molecule has 6 nitrogen and oxygen atoms in total. The molecular weight excluding hydrogens is 272 g/mol. The lowest BCUT2D eigenvalue weighted by Gasteiger charge is -2.38. The molecular formula is C15H20N2O4. The summed E-state index contributed by atoms with van der Waals surface area (Å²) in [5.41, 5.74) is -0.729. The van der Waals surface area contributed by atoms with Gasteiger partial charge in [0.25, 0.3) is 5.91 Å². The van der Waals surface area contributed by atoms with Crippen molar-refractivity contribution in [3.8, 4) is 0 Å². The van der Waals surface area contributed by atoms with Crippen LogP contribution in [-0.2, 0) is 4.79 Å². The number of nitrogens with one attached hydrogen (secondary N) is 1. The standard InChI is InChI=1S/C15H20N2O4/c18-11-15(21)7-4-8-17(10-15)13(19)9-16-14(20)12-5-2-1-3-6-12/h1-3,5-6,18,21H,4,7-11H2,(H,16,20)/t15-/m0/s1. The minimum Gasteiger partial charge on any atom is -0.393 e. The highest BCUT2D eigenvalue weighted by Gasteiger charge is 2.34. The number of aliphatic hydroxyl groups is 2. The Morgan fingerprint density at radius 3 is 2.67 bits per heavy atom. The molecule has 0 aliphatic carbocycles. The van der Waals surface area contributed by atoms with E-state index in [1.165, 1.54) is 4.90 Å². The van der Waals surface area contributed by atoms with Gasteiger partial charge in [-0.1, -0.05) is 18.2 Å². The van der Waals surface area contributed by atoms with Gasteiger partial charge in [0.2, 0.25) is 5.91 Å². The van der Waals surface area contributed by atoms with Gasteiger partial charge < -0.3 is 20.4 Å². The molecule has 0 bridgehead atoms. The molecule has 0 aromatic heterocycles. The molecule has 6 heteroatoms. The first-order valence-corrected chi connectivity index (χ1v) is 6.98. The average molecular weight is 292 g/mol. The fourth-order valence-corrected chi connectivity index (χ4v) is 2.41. The minimum atomic E-state index is -1.22. The molecule has 1 aromatic carbocycles. The van der Waals surface area contributed by atoms with Crippen LogP contribution in [0, 0.1) is 0 Å². The second-order valence-corrected chi connectivity index (χ2v) is 5.35. The summed E-state index contributed by atoms with van der Waals surface area (Å²) in [6.07, 6.45) is 1.11. The second-order valence-electron chi connectivity index (χ2n) is 5.35. The molecule has 114 valence electrons. The smallest absolute Gasteiger partial charge is 0.251 e. The van der Waals surface area contributed by atoms with Crippen LogP contribution in [0.3, 0.4) is 0 Å². The molecule has 1 heterocycles. The van der Waals surface area contributed by atoms with E-state index in [1.807, 2.05) is 6.07 Å². The molecule has 1 atom stereocenters. The van der Waals surface area contributed by atoms with E-state index in [9.17, 15) is 14.7 Å². The molecule has 2 rings (SSSR count). The Labute approximate surface area is 123 Å². The summed E-state index contributed by atoms with van der Waals surface area (Å²) in [5, 5.41) is 21.7. The first-order valence-electron chi connectivity index (χ1n) is 6.98. The van der Waals surface area contributed by atoms with E-state index in [2.05, 4.69) is 5.32 Å². The number of carbonyl (C=O) groups excluding carboxylic acids is 2. The number of hydrogen-bond donors (Lipinski definition) is 3. The number of carbonyl (C=O) groups is 2. The number of aliphatic hydroxyl groups excluding tert-OH is 1. The maximum atomic E-state index is 12.1. The van der Waals surface area contributed by atoms with E-state index in [4.69, 9.17) is 5.11 Å². The van der Waals surface area contributed by atoms with Crippen LogP contribution in [0.5, 0.6) is 0 Å². The van der Waals surface area contributed by atoms with Crippen LogP contribution in [0.25, 0.3) is 0 Å². The number of benzene rings is 1. The third-order valence-electron chi connectivity index (χ3n) is 3.64. The second kappa shape index (κ2) is 6.69. The van der Waals surface area contributed by atoms with Crippen LogP contribution in [0.4, 0.5) is 0 Å². The first kappa shape index (κ1) is 15.5. The quantitative estimate of drug-likeness (QED) is 0.714. The monoisotopic (exact) mass is 292 g/mol. The van der Waals surface area contributed by atoms with Crippen molar-refractivity contribution in [2.75, 3.05) is 26.2 Å². The summed E-state index contributed by atoms with van der Waals surface area (Å²) in [6, 6.07) is 8.66. The first-order chi connectivity index (χ1) is 10.0. The van der Waals surface area contributed by atoms with Gasteiger partial charge in [0.15, 0.2) is 0 Å². The molecule has 1 saturated heterocycles. The fourth-order valence-electron chi connectivity index (χ4n) is 2.41. The predicted molar refractivity (Wildman–Crippen MR) is 76.6 cm³/mol. The lowest BCUT2D eigenvalue weighted by molar-refractivity contribution is -0.139. The molecule has 1 fully saturated rings. The summed E-state index contributed by atoms with van der Waals surface area (Å²) in [7, 11) is 0. The number of likely N-dealkylation sites (tertiary alicyclic amines) is 1. The van der Waals surface area contributed by atoms with Gasteiger partial charge >= 0.3 is 0 Å². The highest BCUT2D eigenvalue weighted by Crippen LogP contribution is 2.20. The van der Waals surface area contributed by atoms with E-state index < -0.39 is 5.60 Å². The SMILES string of the molecule is O=C(NCC(=O)N1CCC[C@@](O)(CO)C1)c1ccccc1. The van der Waals surface area contributed by atoms with Gasteiger partial charge in [-0.15, -0.1) is 0 Å². The third-order valence-corrected chi connectivity index (χ3v) is 3.64. The molecule has 2 amide bonds.